The predicted molar refractivity (Wildman–Crippen MR) is 158 cm³/mol. The van der Waals surface area contributed by atoms with E-state index in [0.717, 1.165) is 44.9 Å². The first-order chi connectivity index (χ1) is 18.1. The Labute approximate surface area is 231 Å². The van der Waals surface area contributed by atoms with Crippen molar-refractivity contribution in [3.8, 4) is 0 Å². The van der Waals surface area contributed by atoms with E-state index < -0.39 is 5.97 Å². The lowest BCUT2D eigenvalue weighted by Gasteiger charge is -2.16. The van der Waals surface area contributed by atoms with Crippen LogP contribution in [-0.2, 0) is 14.3 Å². The molecule has 0 aromatic heterocycles. The van der Waals surface area contributed by atoms with Crippen molar-refractivity contribution in [2.24, 2.45) is 0 Å². The van der Waals surface area contributed by atoms with E-state index >= 15 is 0 Å². The Bertz CT molecular complexity index is 491. The highest BCUT2D eigenvalue weighted by molar-refractivity contribution is 5.69. The van der Waals surface area contributed by atoms with Gasteiger partial charge >= 0.3 is 11.9 Å². The summed E-state index contributed by atoms with van der Waals surface area (Å²) in [4.78, 5) is 22.7. The number of carboxylic acids is 1. The molecule has 0 rings (SSSR count). The summed E-state index contributed by atoms with van der Waals surface area (Å²) in [5, 5.41) is 8.63. The minimum absolute atomic E-state index is 0.0119. The smallest absolute Gasteiger partial charge is 0.306 e. The third-order valence-electron chi connectivity index (χ3n) is 7.65. The van der Waals surface area contributed by atoms with Gasteiger partial charge in [-0.3, -0.25) is 9.59 Å². The van der Waals surface area contributed by atoms with Crippen LogP contribution in [0.3, 0.4) is 0 Å². The topological polar surface area (TPSA) is 63.6 Å². The molecule has 220 valence electrons. The number of unbranched alkanes of at least 4 members (excludes halogenated alkanes) is 22. The Morgan fingerprint density at radius 1 is 0.514 bits per heavy atom. The Balaban J connectivity index is 3.42. The zero-order valence-electron chi connectivity index (χ0n) is 25.0. The second-order valence-corrected chi connectivity index (χ2v) is 11.3. The predicted octanol–water partition coefficient (Wildman–Crippen LogP) is 10.9. The van der Waals surface area contributed by atoms with Crippen LogP contribution in [0.1, 0.15) is 194 Å². The van der Waals surface area contributed by atoms with E-state index in [2.05, 4.69) is 13.8 Å². The standard InChI is InChI=1S/C33H64O4/c1-3-5-6-7-8-9-10-11-15-18-21-24-27-30-33(36)37-31(4-2)28-25-22-19-16-13-12-14-17-20-23-26-29-32(34)35/h31H,3-30H2,1-2H3,(H,34,35). The molecule has 0 saturated carbocycles. The maximum atomic E-state index is 12.2. The lowest BCUT2D eigenvalue weighted by molar-refractivity contribution is -0.149. The van der Waals surface area contributed by atoms with Crippen LogP contribution < -0.4 is 0 Å². The molecular weight excluding hydrogens is 460 g/mol. The van der Waals surface area contributed by atoms with Crippen LogP contribution in [-0.4, -0.2) is 23.1 Å². The molecule has 4 heteroatoms. The van der Waals surface area contributed by atoms with Gasteiger partial charge in [-0.2, -0.15) is 0 Å². The van der Waals surface area contributed by atoms with E-state index in [0.29, 0.717) is 12.8 Å². The van der Waals surface area contributed by atoms with E-state index in [1.807, 2.05) is 0 Å². The van der Waals surface area contributed by atoms with Gasteiger partial charge in [0.2, 0.25) is 0 Å². The highest BCUT2D eigenvalue weighted by Crippen LogP contribution is 2.17. The second-order valence-electron chi connectivity index (χ2n) is 11.3. The molecule has 4 nitrogen and oxygen atoms in total. The number of ether oxygens (including phenoxy) is 1. The van der Waals surface area contributed by atoms with Crippen LogP contribution in [0.4, 0.5) is 0 Å². The number of hydrogen-bond donors (Lipinski definition) is 1. The van der Waals surface area contributed by atoms with Gasteiger partial charge in [0.05, 0.1) is 0 Å². The first kappa shape index (κ1) is 35.9. The summed E-state index contributed by atoms with van der Waals surface area (Å²) in [5.74, 6) is -0.661. The van der Waals surface area contributed by atoms with Crippen molar-refractivity contribution >= 4 is 11.9 Å². The molecule has 0 amide bonds. The second kappa shape index (κ2) is 29.5. The average Bonchev–Trinajstić information content (AvgIpc) is 2.88. The SMILES string of the molecule is CCCCCCCCCCCCCCCC(=O)OC(CC)CCCCCCCCCCCCCC(=O)O. The molecule has 0 aromatic rings. The van der Waals surface area contributed by atoms with E-state index in [1.165, 1.54) is 122 Å². The third-order valence-corrected chi connectivity index (χ3v) is 7.65. The molecule has 1 atom stereocenters. The van der Waals surface area contributed by atoms with Crippen molar-refractivity contribution in [2.75, 3.05) is 0 Å². The minimum atomic E-state index is -0.673. The summed E-state index contributed by atoms with van der Waals surface area (Å²) in [7, 11) is 0. The fraction of sp³-hybridized carbons (Fsp3) is 0.939. The van der Waals surface area contributed by atoms with Crippen molar-refractivity contribution in [3.63, 3.8) is 0 Å². The average molecular weight is 525 g/mol. The van der Waals surface area contributed by atoms with Crippen LogP contribution in [0.2, 0.25) is 0 Å². The molecule has 0 bridgehead atoms. The molecule has 0 aliphatic rings. The quantitative estimate of drug-likeness (QED) is 0.0749. The Kier molecular flexibility index (Phi) is 28.7. The molecule has 1 N–H and O–H groups in total. The molecule has 0 aliphatic heterocycles. The van der Waals surface area contributed by atoms with Gasteiger partial charge in [-0.15, -0.1) is 0 Å². The number of hydrogen-bond acceptors (Lipinski definition) is 3. The number of carboxylic acid groups (broad SMARTS) is 1. The van der Waals surface area contributed by atoms with Gasteiger partial charge in [-0.05, 0) is 32.1 Å². The zero-order chi connectivity index (χ0) is 27.2. The van der Waals surface area contributed by atoms with Gasteiger partial charge in [-0.1, -0.05) is 149 Å². The number of carbonyl (C=O) groups excluding carboxylic acids is 1. The van der Waals surface area contributed by atoms with Crippen molar-refractivity contribution in [1.82, 2.24) is 0 Å². The minimum Gasteiger partial charge on any atom is -0.481 e. The zero-order valence-corrected chi connectivity index (χ0v) is 25.0. The van der Waals surface area contributed by atoms with Crippen LogP contribution >= 0.6 is 0 Å². The molecule has 1 unspecified atom stereocenters. The molecule has 0 heterocycles. The Morgan fingerprint density at radius 2 is 0.865 bits per heavy atom. The van der Waals surface area contributed by atoms with Crippen LogP contribution in [0.5, 0.6) is 0 Å². The normalized spacial score (nSPS) is 12.1. The van der Waals surface area contributed by atoms with E-state index in [-0.39, 0.29) is 12.1 Å². The highest BCUT2D eigenvalue weighted by Gasteiger charge is 2.12. The summed E-state index contributed by atoms with van der Waals surface area (Å²) in [6.07, 6.45) is 33.3. The monoisotopic (exact) mass is 524 g/mol. The van der Waals surface area contributed by atoms with Gasteiger partial charge in [0.1, 0.15) is 6.10 Å². The summed E-state index contributed by atoms with van der Waals surface area (Å²) >= 11 is 0. The van der Waals surface area contributed by atoms with Crippen molar-refractivity contribution in [2.45, 2.75) is 200 Å². The van der Waals surface area contributed by atoms with E-state index in [1.54, 1.807) is 0 Å². The molecule has 0 aromatic carbocycles. The lowest BCUT2D eigenvalue weighted by Crippen LogP contribution is -2.17. The fourth-order valence-corrected chi connectivity index (χ4v) is 5.12. The first-order valence-electron chi connectivity index (χ1n) is 16.5. The van der Waals surface area contributed by atoms with Crippen molar-refractivity contribution in [1.29, 1.82) is 0 Å². The summed E-state index contributed by atoms with van der Waals surface area (Å²) < 4.78 is 5.75. The van der Waals surface area contributed by atoms with Gasteiger partial charge in [0, 0.05) is 12.8 Å². The summed E-state index contributed by atoms with van der Waals surface area (Å²) in [5.41, 5.74) is 0. The van der Waals surface area contributed by atoms with Crippen molar-refractivity contribution in [3.05, 3.63) is 0 Å². The van der Waals surface area contributed by atoms with Gasteiger partial charge in [0.25, 0.3) is 0 Å². The van der Waals surface area contributed by atoms with E-state index in [9.17, 15) is 9.59 Å². The Morgan fingerprint density at radius 3 is 1.24 bits per heavy atom. The largest absolute Gasteiger partial charge is 0.481 e. The number of rotatable bonds is 30. The van der Waals surface area contributed by atoms with Gasteiger partial charge in [-0.25, -0.2) is 0 Å². The highest BCUT2D eigenvalue weighted by atomic mass is 16.5. The van der Waals surface area contributed by atoms with E-state index in [4.69, 9.17) is 9.84 Å². The lowest BCUT2D eigenvalue weighted by atomic mass is 10.0. The van der Waals surface area contributed by atoms with Gasteiger partial charge < -0.3 is 9.84 Å². The number of aliphatic carboxylic acids is 1. The molecular formula is C33H64O4. The molecule has 0 radical (unpaired) electrons. The maximum absolute atomic E-state index is 12.2. The molecule has 0 saturated heterocycles. The van der Waals surface area contributed by atoms with Crippen molar-refractivity contribution < 1.29 is 19.4 Å². The van der Waals surface area contributed by atoms with Crippen LogP contribution in [0, 0.1) is 0 Å². The van der Waals surface area contributed by atoms with Crippen LogP contribution in [0.15, 0.2) is 0 Å². The van der Waals surface area contributed by atoms with Gasteiger partial charge in [0.15, 0.2) is 0 Å². The molecule has 0 aliphatic carbocycles. The maximum Gasteiger partial charge on any atom is 0.306 e. The summed E-state index contributed by atoms with van der Waals surface area (Å²) in [6, 6.07) is 0. The number of esters is 1. The third kappa shape index (κ3) is 29.4. The van der Waals surface area contributed by atoms with Crippen LogP contribution in [0.25, 0.3) is 0 Å². The fourth-order valence-electron chi connectivity index (χ4n) is 5.12. The number of carbonyl (C=O) groups is 2. The summed E-state index contributed by atoms with van der Waals surface area (Å²) in [6.45, 7) is 4.41. The Hall–Kier alpha value is -1.06. The molecule has 0 spiro atoms. The molecule has 37 heavy (non-hydrogen) atoms. The molecule has 0 fully saturated rings. The first-order valence-corrected chi connectivity index (χ1v) is 16.5.